The van der Waals surface area contributed by atoms with Crippen LogP contribution in [0.1, 0.15) is 38.7 Å². The molecule has 2 atom stereocenters. The van der Waals surface area contributed by atoms with Crippen LogP contribution in [0.15, 0.2) is 53.7 Å². The van der Waals surface area contributed by atoms with E-state index in [4.69, 9.17) is 10.6 Å². The van der Waals surface area contributed by atoms with E-state index in [1.165, 1.54) is 16.4 Å². The number of ether oxygens (including phenoxy) is 1. The molecule has 0 aliphatic rings. The number of nitrogens with two attached hydrogens (primary N) is 1. The molecule has 2 aromatic carbocycles. The zero-order valence-electron chi connectivity index (χ0n) is 17.6. The molecule has 0 aliphatic carbocycles. The highest BCUT2D eigenvalue weighted by atomic mass is 32.2. The molecule has 3 aromatic rings. The van der Waals surface area contributed by atoms with Crippen molar-refractivity contribution in [3.05, 3.63) is 54.1 Å². The highest BCUT2D eigenvalue weighted by Gasteiger charge is 2.22. The monoisotopic (exact) mass is 425 g/mol. The van der Waals surface area contributed by atoms with E-state index in [0.29, 0.717) is 22.6 Å². The van der Waals surface area contributed by atoms with Gasteiger partial charge in [0.05, 0.1) is 17.9 Å². The van der Waals surface area contributed by atoms with Crippen molar-refractivity contribution >= 4 is 23.4 Å². The zero-order valence-corrected chi connectivity index (χ0v) is 18.4. The van der Waals surface area contributed by atoms with Gasteiger partial charge in [0, 0.05) is 5.69 Å². The van der Waals surface area contributed by atoms with Crippen LogP contribution in [0.3, 0.4) is 0 Å². The molecule has 3 rings (SSSR count). The van der Waals surface area contributed by atoms with Gasteiger partial charge in [-0.1, -0.05) is 55.9 Å². The number of hydrogen-bond donors (Lipinski definition) is 2. The number of carbonyl (C=O) groups is 1. The summed E-state index contributed by atoms with van der Waals surface area (Å²) in [5.74, 6) is 7.60. The third-order valence-electron chi connectivity index (χ3n) is 5.03. The second-order valence-electron chi connectivity index (χ2n) is 7.02. The fraction of sp³-hybridized carbons (Fsp3) is 0.318. The Hall–Kier alpha value is -3.00. The molecular weight excluding hydrogens is 398 g/mol. The van der Waals surface area contributed by atoms with Gasteiger partial charge in [-0.3, -0.25) is 4.79 Å². The Balaban J connectivity index is 1.75. The van der Waals surface area contributed by atoms with E-state index in [1.54, 1.807) is 7.11 Å². The van der Waals surface area contributed by atoms with Gasteiger partial charge in [-0.2, -0.15) is 0 Å². The lowest BCUT2D eigenvalue weighted by Gasteiger charge is -2.17. The average molecular weight is 426 g/mol. The van der Waals surface area contributed by atoms with Crippen molar-refractivity contribution in [2.45, 2.75) is 43.5 Å². The van der Waals surface area contributed by atoms with Gasteiger partial charge >= 0.3 is 0 Å². The van der Waals surface area contributed by atoms with Crippen LogP contribution in [0.4, 0.5) is 5.69 Å². The van der Waals surface area contributed by atoms with Gasteiger partial charge in [-0.15, -0.1) is 10.2 Å². The van der Waals surface area contributed by atoms with Gasteiger partial charge < -0.3 is 15.9 Å². The first-order valence-corrected chi connectivity index (χ1v) is 10.7. The molecule has 0 aliphatic heterocycles. The van der Waals surface area contributed by atoms with Crippen LogP contribution >= 0.6 is 11.8 Å². The smallest absolute Gasteiger partial charge is 0.237 e. The Morgan fingerprint density at radius 2 is 1.87 bits per heavy atom. The first-order valence-electron chi connectivity index (χ1n) is 9.86. The number of amides is 1. The summed E-state index contributed by atoms with van der Waals surface area (Å²) in [5, 5.41) is 11.5. The molecule has 7 nitrogen and oxygen atoms in total. The number of nitrogens with zero attached hydrogens (tertiary/aromatic N) is 3. The van der Waals surface area contributed by atoms with Gasteiger partial charge in [0.2, 0.25) is 11.1 Å². The van der Waals surface area contributed by atoms with E-state index >= 15 is 0 Å². The summed E-state index contributed by atoms with van der Waals surface area (Å²) in [7, 11) is 1.59. The van der Waals surface area contributed by atoms with Gasteiger partial charge in [0.15, 0.2) is 5.82 Å². The minimum absolute atomic E-state index is 0.113. The lowest BCUT2D eigenvalue weighted by Crippen LogP contribution is -2.24. The predicted octanol–water partition coefficient (Wildman–Crippen LogP) is 4.30. The second kappa shape index (κ2) is 9.67. The van der Waals surface area contributed by atoms with Crippen molar-refractivity contribution < 1.29 is 9.53 Å². The number of rotatable bonds is 8. The lowest BCUT2D eigenvalue weighted by atomic mass is 9.97. The summed E-state index contributed by atoms with van der Waals surface area (Å²) in [5.41, 5.74) is 2.71. The van der Waals surface area contributed by atoms with Gasteiger partial charge in [0.1, 0.15) is 5.75 Å². The number of para-hydroxylation sites is 2. The summed E-state index contributed by atoms with van der Waals surface area (Å²) in [6.07, 6.45) is 0.999. The summed E-state index contributed by atoms with van der Waals surface area (Å²) in [4.78, 5) is 12.8. The molecule has 0 bridgehead atoms. The predicted molar refractivity (Wildman–Crippen MR) is 121 cm³/mol. The Kier molecular flexibility index (Phi) is 6.99. The summed E-state index contributed by atoms with van der Waals surface area (Å²) in [6, 6.07) is 15.4. The Morgan fingerprint density at radius 3 is 2.60 bits per heavy atom. The van der Waals surface area contributed by atoms with Crippen molar-refractivity contribution in [2.75, 3.05) is 18.3 Å². The number of nitrogen functional groups attached to an aromatic ring is 1. The molecule has 0 saturated heterocycles. The van der Waals surface area contributed by atoms with Crippen LogP contribution in [-0.4, -0.2) is 33.1 Å². The van der Waals surface area contributed by atoms with Gasteiger partial charge in [0.25, 0.3) is 0 Å². The highest BCUT2D eigenvalue weighted by Crippen LogP contribution is 2.31. The first-order chi connectivity index (χ1) is 14.5. The third kappa shape index (κ3) is 4.59. The third-order valence-corrected chi connectivity index (χ3v) is 6.08. The van der Waals surface area contributed by atoms with Crippen molar-refractivity contribution in [1.29, 1.82) is 0 Å². The molecule has 1 aromatic heterocycles. The standard InChI is InChI=1S/C22H27N5O2S/c1-5-14(2)16-10-6-8-12-18(16)24-21(28)15(3)30-22-26-25-20(27(22)23)17-11-7-9-13-19(17)29-4/h6-15H,5,23H2,1-4H3,(H,24,28). The lowest BCUT2D eigenvalue weighted by molar-refractivity contribution is -0.115. The van der Waals surface area contributed by atoms with Gasteiger partial charge in [-0.05, 0) is 43.0 Å². The van der Waals surface area contributed by atoms with Crippen LogP contribution < -0.4 is 15.9 Å². The number of thioether (sulfide) groups is 1. The average Bonchev–Trinajstić information content (AvgIpc) is 3.13. The fourth-order valence-electron chi connectivity index (χ4n) is 3.08. The molecule has 8 heteroatoms. The van der Waals surface area contributed by atoms with E-state index in [2.05, 4.69) is 35.4 Å². The molecular formula is C22H27N5O2S. The van der Waals surface area contributed by atoms with E-state index in [-0.39, 0.29) is 5.91 Å². The summed E-state index contributed by atoms with van der Waals surface area (Å²) < 4.78 is 6.77. The van der Waals surface area contributed by atoms with E-state index < -0.39 is 5.25 Å². The molecule has 2 unspecified atom stereocenters. The van der Waals surface area contributed by atoms with Crippen LogP contribution in [0, 0.1) is 0 Å². The van der Waals surface area contributed by atoms with Crippen molar-refractivity contribution in [2.24, 2.45) is 0 Å². The van der Waals surface area contributed by atoms with E-state index in [1.807, 2.05) is 49.4 Å². The zero-order chi connectivity index (χ0) is 21.7. The fourth-order valence-corrected chi connectivity index (χ4v) is 3.85. The first kappa shape index (κ1) is 21.7. The van der Waals surface area contributed by atoms with Crippen molar-refractivity contribution in [1.82, 2.24) is 14.9 Å². The van der Waals surface area contributed by atoms with Gasteiger partial charge in [-0.25, -0.2) is 4.68 Å². The molecule has 0 radical (unpaired) electrons. The van der Waals surface area contributed by atoms with Crippen molar-refractivity contribution in [3.8, 4) is 17.1 Å². The van der Waals surface area contributed by atoms with Crippen LogP contribution in [0.2, 0.25) is 0 Å². The molecule has 1 heterocycles. The number of aromatic nitrogens is 3. The molecule has 3 N–H and O–H groups in total. The maximum absolute atomic E-state index is 12.8. The van der Waals surface area contributed by atoms with Crippen LogP contribution in [-0.2, 0) is 4.79 Å². The minimum atomic E-state index is -0.410. The number of hydrogen-bond acceptors (Lipinski definition) is 6. The molecule has 0 spiro atoms. The van der Waals surface area contributed by atoms with Crippen LogP contribution in [0.5, 0.6) is 5.75 Å². The van der Waals surface area contributed by atoms with E-state index in [0.717, 1.165) is 23.2 Å². The number of nitrogens with one attached hydrogen (secondary N) is 1. The number of anilines is 1. The van der Waals surface area contributed by atoms with Crippen LogP contribution in [0.25, 0.3) is 11.4 Å². The minimum Gasteiger partial charge on any atom is -0.496 e. The normalized spacial score (nSPS) is 12.9. The SMILES string of the molecule is CCC(C)c1ccccc1NC(=O)C(C)Sc1nnc(-c2ccccc2OC)n1N. The molecule has 158 valence electrons. The summed E-state index contributed by atoms with van der Waals surface area (Å²) >= 11 is 1.26. The maximum Gasteiger partial charge on any atom is 0.237 e. The Bertz CT molecular complexity index is 1020. The number of carbonyl (C=O) groups excluding carboxylic acids is 1. The van der Waals surface area contributed by atoms with E-state index in [9.17, 15) is 4.79 Å². The maximum atomic E-state index is 12.8. The summed E-state index contributed by atoms with van der Waals surface area (Å²) in [6.45, 7) is 6.11. The highest BCUT2D eigenvalue weighted by molar-refractivity contribution is 8.00. The Labute approximate surface area is 181 Å². The quantitative estimate of drug-likeness (QED) is 0.413. The molecule has 0 saturated carbocycles. The topological polar surface area (TPSA) is 95.1 Å². The molecule has 0 fully saturated rings. The largest absolute Gasteiger partial charge is 0.496 e. The Morgan fingerprint density at radius 1 is 1.17 bits per heavy atom. The second-order valence-corrected chi connectivity index (χ2v) is 8.33. The molecule has 30 heavy (non-hydrogen) atoms. The number of benzene rings is 2. The van der Waals surface area contributed by atoms with Crippen molar-refractivity contribution in [3.63, 3.8) is 0 Å². The molecule has 1 amide bonds. The number of methoxy groups -OCH3 is 1.